The highest BCUT2D eigenvalue weighted by Crippen LogP contribution is 2.57. The first-order chi connectivity index (χ1) is 30.4. The number of nitrogens with one attached hydrogen (secondary N) is 2. The molecule has 0 atom stereocenters. The molecular formula is C48H52N6O8S. The molecule has 8 rings (SSSR count). The van der Waals surface area contributed by atoms with Crippen LogP contribution in [0.4, 0.5) is 11.5 Å². The van der Waals surface area contributed by atoms with E-state index in [1.807, 2.05) is 18.2 Å². The lowest BCUT2D eigenvalue weighted by Crippen LogP contribution is -2.33. The fourth-order valence-electron chi connectivity index (χ4n) is 8.40. The number of nitrogens with zero attached hydrogens (tertiary/aromatic N) is 3. The number of unbranched alkanes of at least 4 members (excludes halogenated alkanes) is 1. The van der Waals surface area contributed by atoms with Gasteiger partial charge in [0.1, 0.15) is 40.1 Å². The summed E-state index contributed by atoms with van der Waals surface area (Å²) in [7, 11) is 0. The van der Waals surface area contributed by atoms with Crippen LogP contribution in [-0.2, 0) is 37.6 Å². The number of para-hydroxylation sites is 1. The summed E-state index contributed by atoms with van der Waals surface area (Å²) in [6.45, 7) is 9.30. The molecule has 0 saturated heterocycles. The number of phenols is 2. The van der Waals surface area contributed by atoms with Gasteiger partial charge in [-0.05, 0) is 67.5 Å². The van der Waals surface area contributed by atoms with Gasteiger partial charge in [-0.25, -0.2) is 14.8 Å². The van der Waals surface area contributed by atoms with Crippen molar-refractivity contribution in [1.82, 2.24) is 19.9 Å². The van der Waals surface area contributed by atoms with Crippen LogP contribution in [0.15, 0.2) is 78.9 Å². The van der Waals surface area contributed by atoms with Gasteiger partial charge in [0.05, 0.1) is 36.4 Å². The predicted molar refractivity (Wildman–Crippen MR) is 245 cm³/mol. The Balaban J connectivity index is 0.760. The Hall–Kier alpha value is -6.29. The van der Waals surface area contributed by atoms with Gasteiger partial charge in [0.15, 0.2) is 16.5 Å². The van der Waals surface area contributed by atoms with Crippen molar-refractivity contribution in [3.63, 3.8) is 0 Å². The van der Waals surface area contributed by atoms with Crippen molar-refractivity contribution in [2.75, 3.05) is 44.0 Å². The van der Waals surface area contributed by atoms with Gasteiger partial charge < -0.3 is 50.1 Å². The number of phenolic OH excluding ortho intramolecular Hbond substituents is 2. The largest absolute Gasteiger partial charge is 0.508 e. The number of fused-ring (bicyclic) bond motifs is 9. The van der Waals surface area contributed by atoms with Crippen molar-refractivity contribution < 1.29 is 38.7 Å². The van der Waals surface area contributed by atoms with E-state index in [2.05, 4.69) is 47.0 Å². The van der Waals surface area contributed by atoms with Crippen molar-refractivity contribution in [3.05, 3.63) is 107 Å². The molecule has 2 aliphatic rings. The van der Waals surface area contributed by atoms with Gasteiger partial charge in [-0.1, -0.05) is 51.5 Å². The smallest absolute Gasteiger partial charge is 0.340 e. The van der Waals surface area contributed by atoms with Crippen molar-refractivity contribution in [2.24, 2.45) is 5.41 Å². The molecule has 0 radical (unpaired) electrons. The molecule has 0 bridgehead atoms. The first kappa shape index (κ1) is 43.4. The first-order valence-electron chi connectivity index (χ1n) is 21.3. The average Bonchev–Trinajstić information content (AvgIpc) is 3.75. The monoisotopic (exact) mass is 872 g/mol. The molecule has 0 fully saturated rings. The number of hydrogen-bond donors (Lipinski definition) is 5. The zero-order valence-electron chi connectivity index (χ0n) is 35.7. The van der Waals surface area contributed by atoms with Crippen molar-refractivity contribution in [3.8, 4) is 23.0 Å². The molecule has 15 heteroatoms. The maximum atomic E-state index is 13.4. The lowest BCUT2D eigenvalue weighted by atomic mass is 9.77. The number of Topliss-reactive ketones (excluding diaryl/α,β-unsaturated/α-hetero) is 1. The van der Waals surface area contributed by atoms with Crippen LogP contribution in [0, 0.1) is 5.41 Å². The van der Waals surface area contributed by atoms with Crippen LogP contribution in [0.1, 0.15) is 85.7 Å². The summed E-state index contributed by atoms with van der Waals surface area (Å²) in [6, 6.07) is 22.5. The molecule has 1 spiro atoms. The summed E-state index contributed by atoms with van der Waals surface area (Å²) < 4.78 is 26.3. The van der Waals surface area contributed by atoms with E-state index in [-0.39, 0.29) is 22.7 Å². The molecule has 328 valence electrons. The van der Waals surface area contributed by atoms with E-state index in [0.717, 1.165) is 47.0 Å². The van der Waals surface area contributed by atoms with Crippen LogP contribution in [0.2, 0.25) is 0 Å². The van der Waals surface area contributed by atoms with Gasteiger partial charge in [0.25, 0.3) is 0 Å². The SMILES string of the molecule is CCCCc1nc2c(N)nc3ccccc3c2n1CC(C)(C)COCCCC(=O)CCOCCNC(=S)Nc1ccc2c(c1)C(=O)OC21c2ccc(O)cc2Oc2cc(O)ccc21. The second-order valence-corrected chi connectivity index (χ2v) is 17.2. The van der Waals surface area contributed by atoms with Crippen molar-refractivity contribution in [2.45, 2.75) is 71.4 Å². The third kappa shape index (κ3) is 8.99. The fourth-order valence-corrected chi connectivity index (χ4v) is 8.62. The molecule has 0 amide bonds. The first-order valence-corrected chi connectivity index (χ1v) is 21.8. The van der Waals surface area contributed by atoms with Crippen LogP contribution in [-0.4, -0.2) is 74.6 Å². The maximum absolute atomic E-state index is 13.4. The van der Waals surface area contributed by atoms with Gasteiger partial charge >= 0.3 is 5.97 Å². The number of anilines is 2. The molecule has 63 heavy (non-hydrogen) atoms. The maximum Gasteiger partial charge on any atom is 0.340 e. The fraction of sp³-hybridized carbons (Fsp3) is 0.354. The standard InChI is InChI=1S/C48H52N6O8S/c1-4-5-12-41-53-42-43(33-10-6-7-11-38(33)52-44(42)49)54(41)27-47(2,3)28-60-21-8-9-30(55)19-22-59-23-20-50-46(63)51-29-13-16-35-34(24-29)45(58)62-48(35)36-17-14-31(56)25-39(36)61-40-26-32(57)15-18-37(40)48/h6-7,10-11,13-18,24-26,56-57H,4-5,8-9,12,19-23,27-28H2,1-3H3,(H2,49,52)(H2,50,51,63). The van der Waals surface area contributed by atoms with Gasteiger partial charge in [-0.2, -0.15) is 0 Å². The second kappa shape index (κ2) is 18.2. The van der Waals surface area contributed by atoms with Crippen molar-refractivity contribution in [1.29, 1.82) is 0 Å². The Morgan fingerprint density at radius 1 is 0.905 bits per heavy atom. The van der Waals surface area contributed by atoms with Gasteiger partial charge in [0, 0.05) is 84.3 Å². The van der Waals surface area contributed by atoms with E-state index < -0.39 is 11.6 Å². The lowest BCUT2D eigenvalue weighted by Gasteiger charge is -2.36. The summed E-state index contributed by atoms with van der Waals surface area (Å²) in [4.78, 5) is 35.6. The number of imidazole rings is 1. The normalized spacial score (nSPS) is 13.7. The van der Waals surface area contributed by atoms with Crippen LogP contribution in [0.5, 0.6) is 23.0 Å². The van der Waals surface area contributed by atoms with Crippen LogP contribution in [0.3, 0.4) is 0 Å². The zero-order chi connectivity index (χ0) is 44.3. The number of pyridine rings is 1. The number of aryl methyl sites for hydroxylation is 1. The topological polar surface area (TPSA) is 192 Å². The van der Waals surface area contributed by atoms with E-state index in [0.29, 0.717) is 109 Å². The number of benzene rings is 4. The highest BCUT2D eigenvalue weighted by Gasteiger charge is 2.53. The quantitative estimate of drug-likeness (QED) is 0.0315. The molecule has 6 N–H and O–H groups in total. The van der Waals surface area contributed by atoms with E-state index in [1.54, 1.807) is 30.3 Å². The number of aromatic nitrogens is 3. The predicted octanol–water partition coefficient (Wildman–Crippen LogP) is 8.27. The zero-order valence-corrected chi connectivity index (χ0v) is 36.5. The number of esters is 1. The lowest BCUT2D eigenvalue weighted by molar-refractivity contribution is -0.120. The third-order valence-electron chi connectivity index (χ3n) is 11.4. The number of carbonyl (C=O) groups is 2. The summed E-state index contributed by atoms with van der Waals surface area (Å²) >= 11 is 5.51. The second-order valence-electron chi connectivity index (χ2n) is 16.8. The summed E-state index contributed by atoms with van der Waals surface area (Å²) in [5.74, 6) is 1.61. The molecule has 6 aromatic rings. The van der Waals surface area contributed by atoms with Crippen LogP contribution >= 0.6 is 12.2 Å². The van der Waals surface area contributed by atoms with Crippen molar-refractivity contribution >= 4 is 62.5 Å². The van der Waals surface area contributed by atoms with Crippen LogP contribution < -0.4 is 21.1 Å². The Labute approximate surface area is 370 Å². The molecule has 4 heterocycles. The van der Waals surface area contributed by atoms with E-state index in [4.69, 9.17) is 41.9 Å². The number of carbonyl (C=O) groups excluding carboxylic acids is 2. The Morgan fingerprint density at radius 2 is 1.63 bits per heavy atom. The van der Waals surface area contributed by atoms with E-state index >= 15 is 0 Å². The highest BCUT2D eigenvalue weighted by atomic mass is 32.1. The van der Waals surface area contributed by atoms with Gasteiger partial charge in [-0.3, -0.25) is 4.79 Å². The molecule has 14 nitrogen and oxygen atoms in total. The summed E-state index contributed by atoms with van der Waals surface area (Å²) in [5.41, 5.74) is 10.0. The number of ketones is 1. The summed E-state index contributed by atoms with van der Waals surface area (Å²) in [5, 5.41) is 27.9. The van der Waals surface area contributed by atoms with Gasteiger partial charge in [-0.15, -0.1) is 0 Å². The number of ether oxygens (including phenoxy) is 4. The molecule has 0 aliphatic carbocycles. The Morgan fingerprint density at radius 3 is 2.38 bits per heavy atom. The molecule has 0 unspecified atom stereocenters. The molecular weight excluding hydrogens is 821 g/mol. The molecule has 0 saturated carbocycles. The molecule has 2 aromatic heterocycles. The Kier molecular flexibility index (Phi) is 12.5. The minimum Gasteiger partial charge on any atom is -0.508 e. The summed E-state index contributed by atoms with van der Waals surface area (Å²) in [6.07, 6.45) is 4.30. The number of thiocarbonyl (C=S) groups is 1. The highest BCUT2D eigenvalue weighted by molar-refractivity contribution is 7.80. The average molecular weight is 873 g/mol. The van der Waals surface area contributed by atoms with Crippen LogP contribution in [0.25, 0.3) is 21.9 Å². The number of nitrogen functional groups attached to an aromatic ring is 1. The number of nitrogens with two attached hydrogens (primary N) is 1. The minimum atomic E-state index is -1.35. The molecule has 4 aromatic carbocycles. The third-order valence-corrected chi connectivity index (χ3v) is 11.6. The minimum absolute atomic E-state index is 0.0164. The van der Waals surface area contributed by atoms with E-state index in [9.17, 15) is 19.8 Å². The number of rotatable bonds is 18. The Bertz CT molecular complexity index is 2660. The molecule has 2 aliphatic heterocycles. The number of hydrogen-bond acceptors (Lipinski definition) is 12. The van der Waals surface area contributed by atoms with Gasteiger partial charge in [0.2, 0.25) is 0 Å². The van der Waals surface area contributed by atoms with E-state index in [1.165, 1.54) is 24.3 Å². The number of aromatic hydroxyl groups is 2.